The monoisotopic (exact) mass is 263 g/mol. The highest BCUT2D eigenvalue weighted by Crippen LogP contribution is 2.21. The van der Waals surface area contributed by atoms with Crippen molar-refractivity contribution < 1.29 is 9.90 Å². The molecule has 0 saturated carbocycles. The van der Waals surface area contributed by atoms with E-state index in [9.17, 15) is 4.79 Å². The third kappa shape index (κ3) is 2.27. The molecule has 2 aromatic rings. The summed E-state index contributed by atoms with van der Waals surface area (Å²) >= 11 is 6.12. The van der Waals surface area contributed by atoms with Crippen LogP contribution in [0.5, 0.6) is 0 Å². The first kappa shape index (κ1) is 12.7. The molecule has 0 aliphatic heterocycles. The zero-order valence-electron chi connectivity index (χ0n) is 10.3. The number of hydrogen-bond acceptors (Lipinski definition) is 1. The molecule has 3 nitrogen and oxygen atoms in total. The predicted octanol–water partition coefficient (Wildman–Crippen LogP) is 3.50. The van der Waals surface area contributed by atoms with E-state index in [-0.39, 0.29) is 0 Å². The maximum Gasteiger partial charge on any atom is 0.337 e. The second-order valence-corrected chi connectivity index (χ2v) is 4.67. The van der Waals surface area contributed by atoms with Gasteiger partial charge in [-0.3, -0.25) is 0 Å². The van der Waals surface area contributed by atoms with Crippen LogP contribution in [0.2, 0.25) is 5.02 Å². The van der Waals surface area contributed by atoms with Gasteiger partial charge in [0.1, 0.15) is 0 Å². The van der Waals surface area contributed by atoms with Crippen LogP contribution in [0.15, 0.2) is 30.3 Å². The summed E-state index contributed by atoms with van der Waals surface area (Å²) in [4.78, 5) is 11.1. The Bertz CT molecular complexity index is 602. The fourth-order valence-electron chi connectivity index (χ4n) is 2.06. The van der Waals surface area contributed by atoms with Gasteiger partial charge < -0.3 is 9.67 Å². The number of halogens is 1. The Hall–Kier alpha value is -1.74. The van der Waals surface area contributed by atoms with E-state index in [2.05, 4.69) is 0 Å². The van der Waals surface area contributed by atoms with Gasteiger partial charge in [0.05, 0.1) is 5.56 Å². The molecule has 18 heavy (non-hydrogen) atoms. The molecule has 0 saturated heterocycles. The Morgan fingerprint density at radius 2 is 2.00 bits per heavy atom. The van der Waals surface area contributed by atoms with Crippen molar-refractivity contribution in [1.29, 1.82) is 0 Å². The van der Waals surface area contributed by atoms with Crippen molar-refractivity contribution in [2.45, 2.75) is 20.4 Å². The SMILES string of the molecule is Cc1cc(C(=O)O)c(C)n1Cc1ccccc1Cl. The molecule has 4 heteroatoms. The van der Waals surface area contributed by atoms with E-state index >= 15 is 0 Å². The van der Waals surface area contributed by atoms with Gasteiger partial charge in [-0.1, -0.05) is 29.8 Å². The number of rotatable bonds is 3. The van der Waals surface area contributed by atoms with Gasteiger partial charge in [0, 0.05) is 23.0 Å². The van der Waals surface area contributed by atoms with E-state index in [0.717, 1.165) is 17.0 Å². The first-order valence-corrected chi connectivity index (χ1v) is 6.02. The van der Waals surface area contributed by atoms with Gasteiger partial charge >= 0.3 is 5.97 Å². The van der Waals surface area contributed by atoms with Gasteiger partial charge in [0.2, 0.25) is 0 Å². The summed E-state index contributed by atoms with van der Waals surface area (Å²) in [5, 5.41) is 9.78. The van der Waals surface area contributed by atoms with Crippen molar-refractivity contribution >= 4 is 17.6 Å². The second-order valence-electron chi connectivity index (χ2n) is 4.27. The molecule has 0 atom stereocenters. The minimum absolute atomic E-state index is 0.347. The molecule has 0 fully saturated rings. The minimum atomic E-state index is -0.895. The lowest BCUT2D eigenvalue weighted by Gasteiger charge is -2.10. The van der Waals surface area contributed by atoms with E-state index in [4.69, 9.17) is 16.7 Å². The third-order valence-electron chi connectivity index (χ3n) is 3.09. The molecular formula is C14H14ClNO2. The molecule has 0 unspecified atom stereocenters. The van der Waals surface area contributed by atoms with E-state index in [1.165, 1.54) is 0 Å². The summed E-state index contributed by atoms with van der Waals surface area (Å²) in [6, 6.07) is 9.27. The molecule has 0 aliphatic carbocycles. The first-order chi connectivity index (χ1) is 8.50. The number of aryl methyl sites for hydroxylation is 1. The van der Waals surface area contributed by atoms with Crippen LogP contribution in [0.1, 0.15) is 27.3 Å². The standard InChI is InChI=1S/C14H14ClNO2/c1-9-7-12(14(17)18)10(2)16(9)8-11-5-3-4-6-13(11)15/h3-7H,8H2,1-2H3,(H,17,18). The zero-order valence-corrected chi connectivity index (χ0v) is 11.0. The lowest BCUT2D eigenvalue weighted by molar-refractivity contribution is 0.0696. The summed E-state index contributed by atoms with van der Waals surface area (Å²) in [5.41, 5.74) is 3.00. The first-order valence-electron chi connectivity index (χ1n) is 5.64. The van der Waals surface area contributed by atoms with Crippen molar-refractivity contribution in [2.75, 3.05) is 0 Å². The van der Waals surface area contributed by atoms with Gasteiger partial charge in [-0.15, -0.1) is 0 Å². The predicted molar refractivity (Wildman–Crippen MR) is 71.4 cm³/mol. The third-order valence-corrected chi connectivity index (χ3v) is 3.46. The molecule has 0 amide bonds. The largest absolute Gasteiger partial charge is 0.478 e. The molecular weight excluding hydrogens is 250 g/mol. The lowest BCUT2D eigenvalue weighted by atomic mass is 10.2. The number of hydrogen-bond donors (Lipinski definition) is 1. The van der Waals surface area contributed by atoms with E-state index < -0.39 is 5.97 Å². The number of carboxylic acids is 1. The van der Waals surface area contributed by atoms with Crippen LogP contribution in [-0.4, -0.2) is 15.6 Å². The van der Waals surface area contributed by atoms with Crippen LogP contribution in [-0.2, 0) is 6.54 Å². The van der Waals surface area contributed by atoms with E-state index in [1.807, 2.05) is 42.7 Å². The highest BCUT2D eigenvalue weighted by molar-refractivity contribution is 6.31. The Labute approximate surface area is 111 Å². The van der Waals surface area contributed by atoms with Crippen molar-refractivity contribution in [3.63, 3.8) is 0 Å². The normalized spacial score (nSPS) is 10.6. The lowest BCUT2D eigenvalue weighted by Crippen LogP contribution is -2.06. The van der Waals surface area contributed by atoms with Crippen molar-refractivity contribution in [1.82, 2.24) is 4.57 Å². The topological polar surface area (TPSA) is 42.2 Å². The van der Waals surface area contributed by atoms with Crippen LogP contribution in [0.25, 0.3) is 0 Å². The van der Waals surface area contributed by atoms with E-state index in [1.54, 1.807) is 6.07 Å². The molecule has 0 bridgehead atoms. The van der Waals surface area contributed by atoms with Gasteiger partial charge in [-0.2, -0.15) is 0 Å². The summed E-state index contributed by atoms with van der Waals surface area (Å²) in [5.74, 6) is -0.895. The van der Waals surface area contributed by atoms with Crippen LogP contribution in [0.3, 0.4) is 0 Å². The summed E-state index contributed by atoms with van der Waals surface area (Å²) in [7, 11) is 0. The van der Waals surface area contributed by atoms with Gasteiger partial charge in [0.15, 0.2) is 0 Å². The molecule has 0 radical (unpaired) electrons. The van der Waals surface area contributed by atoms with Crippen LogP contribution in [0, 0.1) is 13.8 Å². The molecule has 0 spiro atoms. The van der Waals surface area contributed by atoms with Crippen LogP contribution < -0.4 is 0 Å². The number of aromatic nitrogens is 1. The molecule has 1 heterocycles. The maximum atomic E-state index is 11.1. The number of aromatic carboxylic acids is 1. The smallest absolute Gasteiger partial charge is 0.337 e. The van der Waals surface area contributed by atoms with Gasteiger partial charge in [-0.25, -0.2) is 4.79 Å². The van der Waals surface area contributed by atoms with Crippen molar-refractivity contribution in [3.05, 3.63) is 57.9 Å². The zero-order chi connectivity index (χ0) is 13.3. The number of carbonyl (C=O) groups is 1. The molecule has 0 aliphatic rings. The van der Waals surface area contributed by atoms with Gasteiger partial charge in [-0.05, 0) is 31.5 Å². The minimum Gasteiger partial charge on any atom is -0.478 e. The highest BCUT2D eigenvalue weighted by atomic mass is 35.5. The Balaban J connectivity index is 2.41. The highest BCUT2D eigenvalue weighted by Gasteiger charge is 2.15. The van der Waals surface area contributed by atoms with E-state index in [0.29, 0.717) is 17.1 Å². The molecule has 94 valence electrons. The summed E-state index contributed by atoms with van der Waals surface area (Å²) < 4.78 is 1.96. The second kappa shape index (κ2) is 4.86. The maximum absolute atomic E-state index is 11.1. The quantitative estimate of drug-likeness (QED) is 0.921. The number of benzene rings is 1. The molecule has 1 aromatic heterocycles. The Kier molecular flexibility index (Phi) is 3.43. The average molecular weight is 264 g/mol. The Morgan fingerprint density at radius 1 is 1.33 bits per heavy atom. The molecule has 1 aromatic carbocycles. The van der Waals surface area contributed by atoms with Crippen LogP contribution in [0.4, 0.5) is 0 Å². The van der Waals surface area contributed by atoms with Crippen molar-refractivity contribution in [3.8, 4) is 0 Å². The summed E-state index contributed by atoms with van der Waals surface area (Å²) in [6.45, 7) is 4.30. The fraction of sp³-hybridized carbons (Fsp3) is 0.214. The molecule has 1 N–H and O–H groups in total. The van der Waals surface area contributed by atoms with Gasteiger partial charge in [0.25, 0.3) is 0 Å². The Morgan fingerprint density at radius 3 is 2.56 bits per heavy atom. The van der Waals surface area contributed by atoms with Crippen molar-refractivity contribution in [2.24, 2.45) is 0 Å². The number of nitrogens with zero attached hydrogens (tertiary/aromatic N) is 1. The average Bonchev–Trinajstić information content (AvgIpc) is 2.60. The van der Waals surface area contributed by atoms with Crippen LogP contribution >= 0.6 is 11.6 Å². The molecule has 2 rings (SSSR count). The fourth-order valence-corrected chi connectivity index (χ4v) is 2.25. The summed E-state index contributed by atoms with van der Waals surface area (Å²) in [6.07, 6.45) is 0. The number of carboxylic acid groups (broad SMARTS) is 1.